The van der Waals surface area contributed by atoms with Crippen LogP contribution >= 0.6 is 0 Å². The summed E-state index contributed by atoms with van der Waals surface area (Å²) in [5.41, 5.74) is 0. The van der Waals surface area contributed by atoms with Gasteiger partial charge in [-0.05, 0) is 70.6 Å². The van der Waals surface area contributed by atoms with Crippen LogP contribution in [0.1, 0.15) is 213 Å². The van der Waals surface area contributed by atoms with Gasteiger partial charge in [0, 0.05) is 19.3 Å². The van der Waals surface area contributed by atoms with Gasteiger partial charge >= 0.3 is 17.9 Å². The lowest BCUT2D eigenvalue weighted by molar-refractivity contribution is -0.887. The first-order valence-electron chi connectivity index (χ1n) is 25.3. The van der Waals surface area contributed by atoms with E-state index in [0.29, 0.717) is 19.3 Å². The molecular formula is C54H96NO7+. The number of aliphatic carboxylic acids is 1. The lowest BCUT2D eigenvalue weighted by atomic mass is 10.0. The summed E-state index contributed by atoms with van der Waals surface area (Å²) >= 11 is 0. The molecule has 0 aromatic carbocycles. The molecule has 0 saturated heterocycles. The number of rotatable bonds is 45. The van der Waals surface area contributed by atoms with E-state index in [2.05, 4.69) is 74.6 Å². The molecule has 0 fully saturated rings. The predicted octanol–water partition coefficient (Wildman–Crippen LogP) is 14.5. The molecule has 0 heterocycles. The second kappa shape index (κ2) is 44.6. The number of nitrogens with zero attached hydrogens (tertiary/aromatic N) is 1. The maximum Gasteiger partial charge on any atom is 0.362 e. The number of ether oxygens (including phenoxy) is 3. The maximum absolute atomic E-state index is 12.8. The number of unbranched alkanes of at least 4 members (excludes halogenated alkanes) is 22. The van der Waals surface area contributed by atoms with Crippen LogP contribution in [-0.4, -0.2) is 80.6 Å². The number of carboxylic acid groups (broad SMARTS) is 1. The largest absolute Gasteiger partial charge is 0.477 e. The van der Waals surface area contributed by atoms with Gasteiger partial charge in [0.25, 0.3) is 0 Å². The standard InChI is InChI=1S/C54H95NO7/c1-6-8-10-12-14-16-18-20-22-24-26-27-29-31-33-35-37-39-41-43-45-53(57)62-50(48-60-47-46-51(54(58)59)55(3,4)5)49-61-52(56)44-42-40-38-36-34-32-30-28-25-23-21-19-17-15-13-11-9-7-2/h8,10,14,16,20,22-23,25,28,30,50-51H,6-7,9,11-13,15,17-19,21,24,26-27,29,31-49H2,1-5H3/p+1/b10-8+,16-14+,22-20+,25-23+,30-28+. The van der Waals surface area contributed by atoms with E-state index in [1.54, 1.807) is 0 Å². The summed E-state index contributed by atoms with van der Waals surface area (Å²) in [6.45, 7) is 4.62. The average Bonchev–Trinajstić information content (AvgIpc) is 3.23. The van der Waals surface area contributed by atoms with Crippen LogP contribution in [0.4, 0.5) is 0 Å². The Morgan fingerprint density at radius 2 is 0.952 bits per heavy atom. The Morgan fingerprint density at radius 1 is 0.516 bits per heavy atom. The summed E-state index contributed by atoms with van der Waals surface area (Å²) in [6.07, 6.45) is 55.5. The SMILES string of the molecule is CC/C=C/C/C=C/C/C=C/CCCCCCCCCCCCC(=O)OC(COCCC(C(=O)O)[N+](C)(C)C)COC(=O)CCCCCCC/C=C/C=C/CCCCCCCCC. The minimum atomic E-state index is -0.878. The smallest absolute Gasteiger partial charge is 0.362 e. The minimum Gasteiger partial charge on any atom is -0.477 e. The van der Waals surface area contributed by atoms with Crippen LogP contribution in [-0.2, 0) is 28.6 Å². The van der Waals surface area contributed by atoms with Crippen molar-refractivity contribution in [2.24, 2.45) is 0 Å². The Hall–Kier alpha value is -2.97. The molecule has 0 aromatic heterocycles. The fourth-order valence-electron chi connectivity index (χ4n) is 7.27. The van der Waals surface area contributed by atoms with Crippen molar-refractivity contribution < 1.29 is 38.2 Å². The molecule has 0 saturated carbocycles. The number of carbonyl (C=O) groups excluding carboxylic acids is 2. The molecule has 0 aliphatic carbocycles. The molecular weight excluding hydrogens is 775 g/mol. The third-order valence-corrected chi connectivity index (χ3v) is 11.2. The third kappa shape index (κ3) is 42.3. The molecule has 0 aliphatic heterocycles. The number of allylic oxidation sites excluding steroid dienone is 10. The summed E-state index contributed by atoms with van der Waals surface area (Å²) in [4.78, 5) is 37.1. The van der Waals surface area contributed by atoms with E-state index in [4.69, 9.17) is 14.2 Å². The fourth-order valence-corrected chi connectivity index (χ4v) is 7.27. The quantitative estimate of drug-likeness (QED) is 0.0214. The van der Waals surface area contributed by atoms with Gasteiger partial charge in [0.1, 0.15) is 6.61 Å². The van der Waals surface area contributed by atoms with Crippen LogP contribution in [0.15, 0.2) is 60.8 Å². The summed E-state index contributed by atoms with van der Waals surface area (Å²) in [5.74, 6) is -1.49. The van der Waals surface area contributed by atoms with E-state index in [1.807, 2.05) is 21.1 Å². The lowest BCUT2D eigenvalue weighted by Gasteiger charge is -2.31. The molecule has 62 heavy (non-hydrogen) atoms. The summed E-state index contributed by atoms with van der Waals surface area (Å²) < 4.78 is 17.3. The van der Waals surface area contributed by atoms with Gasteiger partial charge in [-0.25, -0.2) is 4.79 Å². The van der Waals surface area contributed by atoms with Gasteiger partial charge in [-0.15, -0.1) is 0 Å². The number of hydrogen-bond acceptors (Lipinski definition) is 6. The summed E-state index contributed by atoms with van der Waals surface area (Å²) in [6, 6.07) is -0.620. The molecule has 0 radical (unpaired) electrons. The Morgan fingerprint density at radius 3 is 1.44 bits per heavy atom. The number of quaternary nitrogens is 1. The van der Waals surface area contributed by atoms with Crippen LogP contribution in [0.3, 0.4) is 0 Å². The lowest BCUT2D eigenvalue weighted by Crippen LogP contribution is -2.50. The number of carboxylic acids is 1. The van der Waals surface area contributed by atoms with E-state index in [0.717, 1.165) is 77.0 Å². The molecule has 0 amide bonds. The molecule has 2 unspecified atom stereocenters. The van der Waals surface area contributed by atoms with Crippen molar-refractivity contribution >= 4 is 17.9 Å². The first-order valence-corrected chi connectivity index (χ1v) is 25.3. The van der Waals surface area contributed by atoms with Crippen molar-refractivity contribution in [3.63, 3.8) is 0 Å². The van der Waals surface area contributed by atoms with Gasteiger partial charge in [0.05, 0.1) is 34.4 Å². The van der Waals surface area contributed by atoms with Gasteiger partial charge in [-0.1, -0.05) is 184 Å². The van der Waals surface area contributed by atoms with Crippen molar-refractivity contribution in [3.05, 3.63) is 60.8 Å². The van der Waals surface area contributed by atoms with Gasteiger partial charge < -0.3 is 23.8 Å². The van der Waals surface area contributed by atoms with Crippen molar-refractivity contribution in [1.82, 2.24) is 0 Å². The highest BCUT2D eigenvalue weighted by atomic mass is 16.6. The van der Waals surface area contributed by atoms with Crippen LogP contribution < -0.4 is 0 Å². The van der Waals surface area contributed by atoms with Crippen molar-refractivity contribution in [2.45, 2.75) is 225 Å². The number of esters is 2. The molecule has 0 rings (SSSR count). The molecule has 0 aliphatic rings. The second-order valence-electron chi connectivity index (χ2n) is 18.1. The molecule has 1 N–H and O–H groups in total. The van der Waals surface area contributed by atoms with Crippen LogP contribution in [0.2, 0.25) is 0 Å². The molecule has 2 atom stereocenters. The van der Waals surface area contributed by atoms with Gasteiger partial charge in [0.15, 0.2) is 12.1 Å². The molecule has 8 nitrogen and oxygen atoms in total. The predicted molar refractivity (Wildman–Crippen MR) is 261 cm³/mol. The van der Waals surface area contributed by atoms with E-state index in [9.17, 15) is 19.5 Å². The minimum absolute atomic E-state index is 0.0532. The highest BCUT2D eigenvalue weighted by Gasteiger charge is 2.31. The zero-order chi connectivity index (χ0) is 45.6. The van der Waals surface area contributed by atoms with Crippen LogP contribution in [0.25, 0.3) is 0 Å². The van der Waals surface area contributed by atoms with Crippen molar-refractivity contribution in [1.29, 1.82) is 0 Å². The van der Waals surface area contributed by atoms with Crippen molar-refractivity contribution in [2.75, 3.05) is 41.0 Å². The van der Waals surface area contributed by atoms with Gasteiger partial charge in [-0.2, -0.15) is 0 Å². The Balaban J connectivity index is 4.29. The number of likely N-dealkylation sites (N-methyl/N-ethyl adjacent to an activating group) is 1. The molecule has 8 heteroatoms. The average molecular weight is 871 g/mol. The summed E-state index contributed by atoms with van der Waals surface area (Å²) in [7, 11) is 5.53. The first-order chi connectivity index (χ1) is 30.1. The van der Waals surface area contributed by atoms with Gasteiger partial charge in [-0.3, -0.25) is 9.59 Å². The number of carbonyl (C=O) groups is 3. The Bertz CT molecular complexity index is 1200. The topological polar surface area (TPSA) is 99.1 Å². The molecule has 0 aromatic rings. The van der Waals surface area contributed by atoms with E-state index in [-0.39, 0.29) is 36.2 Å². The molecule has 0 spiro atoms. The zero-order valence-corrected chi connectivity index (χ0v) is 40.8. The fraction of sp³-hybridized carbons (Fsp3) is 0.759. The van der Waals surface area contributed by atoms with E-state index < -0.39 is 18.1 Å². The summed E-state index contributed by atoms with van der Waals surface area (Å²) in [5, 5.41) is 9.65. The zero-order valence-electron chi connectivity index (χ0n) is 40.8. The van der Waals surface area contributed by atoms with Gasteiger partial charge in [0.2, 0.25) is 0 Å². The van der Waals surface area contributed by atoms with E-state index >= 15 is 0 Å². The highest BCUT2D eigenvalue weighted by molar-refractivity contribution is 5.72. The van der Waals surface area contributed by atoms with Crippen LogP contribution in [0, 0.1) is 0 Å². The number of hydrogen-bond donors (Lipinski definition) is 1. The Labute approximate surface area is 381 Å². The molecule has 0 bridgehead atoms. The first kappa shape index (κ1) is 59.0. The van der Waals surface area contributed by atoms with Crippen molar-refractivity contribution in [3.8, 4) is 0 Å². The Kier molecular flexibility index (Phi) is 42.5. The van der Waals surface area contributed by atoms with Crippen LogP contribution in [0.5, 0.6) is 0 Å². The third-order valence-electron chi connectivity index (χ3n) is 11.2. The molecule has 358 valence electrons. The maximum atomic E-state index is 12.8. The highest BCUT2D eigenvalue weighted by Crippen LogP contribution is 2.15. The normalized spacial score (nSPS) is 13.4. The second-order valence-corrected chi connectivity index (χ2v) is 18.1. The van der Waals surface area contributed by atoms with E-state index in [1.165, 1.54) is 103 Å². The monoisotopic (exact) mass is 871 g/mol.